The number of hydrogen-bond donors (Lipinski definition) is 2. The molecule has 0 fully saturated rings. The molecule has 1 amide bonds. The number of thiophene rings is 1. The molecule has 0 radical (unpaired) electrons. The Balaban J connectivity index is 2.34. The first-order valence-electron chi connectivity index (χ1n) is 6.47. The Kier molecular flexibility index (Phi) is 5.82. The van der Waals surface area contributed by atoms with E-state index in [0.29, 0.717) is 13.0 Å². The van der Waals surface area contributed by atoms with Gasteiger partial charge in [0.15, 0.2) is 0 Å². The minimum atomic E-state index is 0.107. The van der Waals surface area contributed by atoms with Crippen molar-refractivity contribution in [2.45, 2.75) is 46.1 Å². The van der Waals surface area contributed by atoms with Crippen LogP contribution in [0.25, 0.3) is 0 Å². The number of carbonyl (C=O) groups excluding carboxylic acids is 1. The molecule has 1 atom stereocenters. The van der Waals surface area contributed by atoms with E-state index in [0.717, 1.165) is 12.8 Å². The van der Waals surface area contributed by atoms with Crippen LogP contribution in [0.5, 0.6) is 0 Å². The van der Waals surface area contributed by atoms with E-state index in [4.69, 9.17) is 5.73 Å². The van der Waals surface area contributed by atoms with Gasteiger partial charge in [0.2, 0.25) is 5.91 Å². The van der Waals surface area contributed by atoms with Crippen LogP contribution in [0.3, 0.4) is 0 Å². The molecule has 1 aromatic heterocycles. The Bertz CT molecular complexity index is 360. The molecule has 1 unspecified atom stereocenters. The van der Waals surface area contributed by atoms with Crippen LogP contribution in [-0.2, 0) is 4.79 Å². The molecule has 0 aliphatic carbocycles. The van der Waals surface area contributed by atoms with Gasteiger partial charge in [-0.1, -0.05) is 19.9 Å². The van der Waals surface area contributed by atoms with Crippen LogP contribution in [-0.4, -0.2) is 12.5 Å². The van der Waals surface area contributed by atoms with E-state index in [1.165, 1.54) is 4.88 Å². The molecule has 0 bridgehead atoms. The second kappa shape index (κ2) is 6.90. The van der Waals surface area contributed by atoms with E-state index in [1.54, 1.807) is 11.3 Å². The third kappa shape index (κ3) is 5.19. The fourth-order valence-electron chi connectivity index (χ4n) is 1.89. The quantitative estimate of drug-likeness (QED) is 0.798. The van der Waals surface area contributed by atoms with Gasteiger partial charge in [0.1, 0.15) is 0 Å². The van der Waals surface area contributed by atoms with Crippen molar-refractivity contribution < 1.29 is 4.79 Å². The topological polar surface area (TPSA) is 55.1 Å². The van der Waals surface area contributed by atoms with E-state index in [1.807, 2.05) is 24.4 Å². The van der Waals surface area contributed by atoms with Crippen LogP contribution in [0.15, 0.2) is 17.5 Å². The van der Waals surface area contributed by atoms with Gasteiger partial charge < -0.3 is 11.1 Å². The predicted octanol–water partition coefficient (Wildman–Crippen LogP) is 3.08. The summed E-state index contributed by atoms with van der Waals surface area (Å²) >= 11 is 1.67. The highest BCUT2D eigenvalue weighted by molar-refractivity contribution is 7.10. The monoisotopic (exact) mass is 268 g/mol. The minimum absolute atomic E-state index is 0.107. The van der Waals surface area contributed by atoms with Crippen LogP contribution in [0.4, 0.5) is 0 Å². The first-order valence-corrected chi connectivity index (χ1v) is 7.35. The number of hydrogen-bond acceptors (Lipinski definition) is 3. The van der Waals surface area contributed by atoms with Crippen molar-refractivity contribution in [2.24, 2.45) is 11.1 Å². The van der Waals surface area contributed by atoms with Crippen molar-refractivity contribution >= 4 is 17.2 Å². The van der Waals surface area contributed by atoms with Crippen molar-refractivity contribution in [1.29, 1.82) is 0 Å². The zero-order valence-corrected chi connectivity index (χ0v) is 12.3. The lowest BCUT2D eigenvalue weighted by Crippen LogP contribution is -2.28. The maximum atomic E-state index is 11.9. The van der Waals surface area contributed by atoms with Gasteiger partial charge >= 0.3 is 0 Å². The van der Waals surface area contributed by atoms with Gasteiger partial charge in [-0.05, 0) is 43.2 Å². The Hall–Kier alpha value is -0.870. The summed E-state index contributed by atoms with van der Waals surface area (Å²) in [6.45, 7) is 7.03. The van der Waals surface area contributed by atoms with Gasteiger partial charge in [0.25, 0.3) is 0 Å². The van der Waals surface area contributed by atoms with Gasteiger partial charge in [-0.2, -0.15) is 0 Å². The van der Waals surface area contributed by atoms with Crippen LogP contribution in [0.2, 0.25) is 0 Å². The van der Waals surface area contributed by atoms with E-state index in [2.05, 4.69) is 19.2 Å². The summed E-state index contributed by atoms with van der Waals surface area (Å²) in [4.78, 5) is 13.1. The zero-order chi connectivity index (χ0) is 13.6. The van der Waals surface area contributed by atoms with Crippen LogP contribution in [0, 0.1) is 5.41 Å². The number of carbonyl (C=O) groups is 1. The summed E-state index contributed by atoms with van der Waals surface area (Å²) in [6, 6.07) is 4.16. The normalized spacial score (nSPS) is 13.3. The fourth-order valence-corrected chi connectivity index (χ4v) is 2.62. The van der Waals surface area contributed by atoms with Gasteiger partial charge in [-0.15, -0.1) is 11.3 Å². The van der Waals surface area contributed by atoms with Crippen molar-refractivity contribution in [3.8, 4) is 0 Å². The van der Waals surface area contributed by atoms with Crippen molar-refractivity contribution in [1.82, 2.24) is 5.32 Å². The molecule has 3 N–H and O–H groups in total. The number of amides is 1. The summed E-state index contributed by atoms with van der Waals surface area (Å²) in [5.41, 5.74) is 5.72. The van der Waals surface area contributed by atoms with Gasteiger partial charge in [0, 0.05) is 11.3 Å². The molecule has 0 saturated heterocycles. The van der Waals surface area contributed by atoms with Crippen molar-refractivity contribution in [3.05, 3.63) is 22.4 Å². The minimum Gasteiger partial charge on any atom is -0.349 e. The Morgan fingerprint density at radius 1 is 1.50 bits per heavy atom. The summed E-state index contributed by atoms with van der Waals surface area (Å²) in [5, 5.41) is 5.07. The second-order valence-electron chi connectivity index (χ2n) is 5.51. The lowest BCUT2D eigenvalue weighted by Gasteiger charge is -2.23. The standard InChI is InChI=1S/C14H24N2OS/c1-11(12-5-4-10-18-12)16-13(17)6-7-14(2,3)8-9-15/h4-5,10-11H,6-9,15H2,1-3H3,(H,16,17). The second-order valence-corrected chi connectivity index (χ2v) is 6.49. The molecule has 102 valence electrons. The molecule has 18 heavy (non-hydrogen) atoms. The Morgan fingerprint density at radius 2 is 2.22 bits per heavy atom. The first kappa shape index (κ1) is 15.2. The average Bonchev–Trinajstić information content (AvgIpc) is 2.80. The van der Waals surface area contributed by atoms with Crippen LogP contribution >= 0.6 is 11.3 Å². The summed E-state index contributed by atoms with van der Waals surface area (Å²) < 4.78 is 0. The number of rotatable bonds is 7. The van der Waals surface area contributed by atoms with E-state index in [-0.39, 0.29) is 17.4 Å². The molecular formula is C14H24N2OS. The maximum Gasteiger partial charge on any atom is 0.220 e. The largest absolute Gasteiger partial charge is 0.349 e. The third-order valence-corrected chi connectivity index (χ3v) is 4.25. The van der Waals surface area contributed by atoms with E-state index in [9.17, 15) is 4.79 Å². The lowest BCUT2D eigenvalue weighted by molar-refractivity contribution is -0.122. The summed E-state index contributed by atoms with van der Waals surface area (Å²) in [5.74, 6) is 0.126. The Morgan fingerprint density at radius 3 is 2.78 bits per heavy atom. The Labute approximate surface area is 114 Å². The third-order valence-electron chi connectivity index (χ3n) is 3.20. The molecule has 1 heterocycles. The van der Waals surface area contributed by atoms with Crippen molar-refractivity contribution in [3.63, 3.8) is 0 Å². The highest BCUT2D eigenvalue weighted by Crippen LogP contribution is 2.26. The highest BCUT2D eigenvalue weighted by atomic mass is 32.1. The molecule has 0 aromatic carbocycles. The lowest BCUT2D eigenvalue weighted by atomic mass is 9.84. The van der Waals surface area contributed by atoms with Crippen molar-refractivity contribution in [2.75, 3.05) is 6.54 Å². The summed E-state index contributed by atoms with van der Waals surface area (Å²) in [6.07, 6.45) is 2.41. The van der Waals surface area contributed by atoms with E-state index >= 15 is 0 Å². The van der Waals surface area contributed by atoms with E-state index < -0.39 is 0 Å². The molecule has 1 rings (SSSR count). The van der Waals surface area contributed by atoms with Crippen LogP contribution in [0.1, 0.15) is 51.0 Å². The summed E-state index contributed by atoms with van der Waals surface area (Å²) in [7, 11) is 0. The molecule has 0 aliphatic heterocycles. The zero-order valence-electron chi connectivity index (χ0n) is 11.5. The predicted molar refractivity (Wildman–Crippen MR) is 77.6 cm³/mol. The SMILES string of the molecule is CC(NC(=O)CCC(C)(C)CCN)c1cccs1. The molecule has 0 saturated carbocycles. The highest BCUT2D eigenvalue weighted by Gasteiger charge is 2.19. The molecule has 4 heteroatoms. The first-order chi connectivity index (χ1) is 8.44. The molecule has 3 nitrogen and oxygen atoms in total. The molecular weight excluding hydrogens is 244 g/mol. The van der Waals surface area contributed by atoms with Gasteiger partial charge in [-0.25, -0.2) is 0 Å². The molecule has 0 spiro atoms. The fraction of sp³-hybridized carbons (Fsp3) is 0.643. The number of nitrogens with one attached hydrogen (secondary N) is 1. The van der Waals surface area contributed by atoms with Gasteiger partial charge in [-0.3, -0.25) is 4.79 Å². The van der Waals surface area contributed by atoms with Crippen LogP contribution < -0.4 is 11.1 Å². The average molecular weight is 268 g/mol. The molecule has 1 aromatic rings. The molecule has 0 aliphatic rings. The van der Waals surface area contributed by atoms with Gasteiger partial charge in [0.05, 0.1) is 6.04 Å². The smallest absolute Gasteiger partial charge is 0.220 e. The number of nitrogens with two attached hydrogens (primary N) is 1. The maximum absolute atomic E-state index is 11.9.